The smallest absolute Gasteiger partial charge is 0.139 e. The first kappa shape index (κ1) is 34.6. The lowest BCUT2D eigenvalue weighted by molar-refractivity contribution is 0.165. The number of rotatable bonds is 15. The van der Waals surface area contributed by atoms with Crippen LogP contribution < -0.4 is 15.0 Å². The van der Waals surface area contributed by atoms with Crippen LogP contribution in [0.1, 0.15) is 74.9 Å². The van der Waals surface area contributed by atoms with E-state index in [0.29, 0.717) is 18.9 Å². The number of ether oxygens (including phenoxy) is 1. The van der Waals surface area contributed by atoms with Crippen LogP contribution in [-0.2, 0) is 11.2 Å². The Labute approximate surface area is 301 Å². The van der Waals surface area contributed by atoms with Crippen LogP contribution in [0, 0.1) is 23.7 Å². The van der Waals surface area contributed by atoms with Gasteiger partial charge < -0.3 is 20.1 Å². The molecule has 1 heterocycles. The van der Waals surface area contributed by atoms with E-state index in [2.05, 4.69) is 60.7 Å². The third-order valence-corrected chi connectivity index (χ3v) is 13.1. The van der Waals surface area contributed by atoms with Gasteiger partial charge in [-0.05, 0) is 130 Å². The zero-order valence-electron chi connectivity index (χ0n) is 29.2. The molecule has 260 valence electrons. The largest absolute Gasteiger partial charge is 0.494 e. The van der Waals surface area contributed by atoms with E-state index in [4.69, 9.17) is 26.3 Å². The van der Waals surface area contributed by atoms with Gasteiger partial charge in [0.25, 0.3) is 0 Å². The van der Waals surface area contributed by atoms with Crippen molar-refractivity contribution < 1.29 is 9.84 Å². The summed E-state index contributed by atoms with van der Waals surface area (Å²) in [6, 6.07) is 24.5. The number of aliphatic hydroxyl groups excluding tert-OH is 1. The normalized spacial score (nSPS) is 25.7. The quantitative estimate of drug-likeness (QED) is 0.129. The maximum Gasteiger partial charge on any atom is 0.139 e. The van der Waals surface area contributed by atoms with Crippen molar-refractivity contribution in [2.45, 2.75) is 74.4 Å². The highest BCUT2D eigenvalue weighted by Crippen LogP contribution is 2.75. The molecule has 3 aliphatic rings. The van der Waals surface area contributed by atoms with Crippen molar-refractivity contribution in [1.29, 1.82) is 0 Å². The van der Waals surface area contributed by atoms with Crippen LogP contribution in [0.2, 0.25) is 5.02 Å². The fraction of sp³-hybridized carbons (Fsp3) is 0.512. The van der Waals surface area contributed by atoms with Gasteiger partial charge in [-0.3, -0.25) is 0 Å². The molecule has 0 spiro atoms. The van der Waals surface area contributed by atoms with Gasteiger partial charge in [-0.2, -0.15) is 11.8 Å². The fourth-order valence-electron chi connectivity index (χ4n) is 8.85. The number of benzene rings is 3. The third-order valence-electron chi connectivity index (χ3n) is 11.5. The molecule has 49 heavy (non-hydrogen) atoms. The number of aliphatic hydroxyl groups is 1. The number of para-hydroxylation sites is 1. The minimum Gasteiger partial charge on any atom is -0.494 e. The number of nitrogens with one attached hydrogen (secondary N) is 1. The van der Waals surface area contributed by atoms with E-state index in [1.807, 2.05) is 55.1 Å². The summed E-state index contributed by atoms with van der Waals surface area (Å²) < 4.78 is 5.60. The fourth-order valence-corrected chi connectivity index (χ4v) is 10.1. The molecule has 3 saturated carbocycles. The molecular weight excluding hydrogens is 648 g/mol. The maximum absolute atomic E-state index is 11.2. The molecule has 5 unspecified atom stereocenters. The molecule has 4 aromatic rings. The average Bonchev–Trinajstić information content (AvgIpc) is 3.61. The molecule has 0 radical (unpaired) electrons. The van der Waals surface area contributed by atoms with Crippen molar-refractivity contribution in [1.82, 2.24) is 15.3 Å². The van der Waals surface area contributed by atoms with Gasteiger partial charge in [-0.15, -0.1) is 0 Å². The lowest BCUT2D eigenvalue weighted by atomic mass is 9.77. The monoisotopic (exact) mass is 698 g/mol. The van der Waals surface area contributed by atoms with Crippen LogP contribution in [0.3, 0.4) is 0 Å². The molecule has 2 N–H and O–H groups in total. The summed E-state index contributed by atoms with van der Waals surface area (Å²) in [5, 5.41) is 17.2. The first-order chi connectivity index (χ1) is 23.9. The Hall–Kier alpha value is -2.84. The summed E-state index contributed by atoms with van der Waals surface area (Å²) in [5.41, 5.74) is 3.49. The van der Waals surface area contributed by atoms with Crippen LogP contribution >= 0.6 is 23.4 Å². The number of aromatic nitrogens is 2. The summed E-state index contributed by atoms with van der Waals surface area (Å²) >= 11 is 8.05. The molecule has 8 heteroatoms. The van der Waals surface area contributed by atoms with E-state index in [0.717, 1.165) is 75.5 Å². The molecule has 3 fully saturated rings. The number of halogens is 1. The van der Waals surface area contributed by atoms with Crippen LogP contribution in [0.25, 0.3) is 10.9 Å². The summed E-state index contributed by atoms with van der Waals surface area (Å²) in [7, 11) is 4.19. The highest BCUT2D eigenvalue weighted by Gasteiger charge is 2.74. The number of hydrogen-bond donors (Lipinski definition) is 2. The topological polar surface area (TPSA) is 70.5 Å². The zero-order valence-corrected chi connectivity index (χ0v) is 30.7. The van der Waals surface area contributed by atoms with Gasteiger partial charge in [-0.1, -0.05) is 48.0 Å². The summed E-state index contributed by atoms with van der Waals surface area (Å²) in [6.07, 6.45) is 7.96. The first-order valence-electron chi connectivity index (χ1n) is 18.3. The van der Waals surface area contributed by atoms with Crippen molar-refractivity contribution in [3.63, 3.8) is 0 Å². The Morgan fingerprint density at radius 2 is 1.73 bits per heavy atom. The van der Waals surface area contributed by atoms with E-state index < -0.39 is 6.10 Å². The van der Waals surface area contributed by atoms with Crippen LogP contribution in [0.15, 0.2) is 72.8 Å². The lowest BCUT2D eigenvalue weighted by Crippen LogP contribution is -2.33. The molecule has 3 aliphatic carbocycles. The zero-order chi connectivity index (χ0) is 34.0. The molecule has 1 aromatic heterocycles. The van der Waals surface area contributed by atoms with Gasteiger partial charge >= 0.3 is 0 Å². The van der Waals surface area contributed by atoms with Gasteiger partial charge in [0.2, 0.25) is 0 Å². The van der Waals surface area contributed by atoms with Crippen molar-refractivity contribution in [3.05, 3.63) is 94.8 Å². The molecule has 0 aliphatic heterocycles. The molecule has 0 bridgehead atoms. The molecule has 6 nitrogen and oxygen atoms in total. The number of hydrogen-bond acceptors (Lipinski definition) is 7. The van der Waals surface area contributed by atoms with Crippen molar-refractivity contribution in [2.75, 3.05) is 38.7 Å². The second kappa shape index (κ2) is 15.2. The first-order valence-corrected chi connectivity index (χ1v) is 19.7. The predicted molar refractivity (Wildman–Crippen MR) is 204 cm³/mol. The second-order valence-electron chi connectivity index (χ2n) is 14.7. The Bertz CT molecular complexity index is 1690. The van der Waals surface area contributed by atoms with Gasteiger partial charge in [0.15, 0.2) is 0 Å². The molecule has 3 aromatic carbocycles. The van der Waals surface area contributed by atoms with E-state index in [1.54, 1.807) is 0 Å². The van der Waals surface area contributed by atoms with E-state index in [9.17, 15) is 5.11 Å². The SMILES string of the molecule is CCOc1ccc(C(O)CC(CNCC2CCC(C3C4CCC43c3nc(N(C)C)c4ccccc4n3)CC2)SCc2ccc(Cl)cc2)cc1. The molecule has 7 rings (SSSR count). The average molecular weight is 699 g/mol. The second-order valence-corrected chi connectivity index (χ2v) is 16.5. The van der Waals surface area contributed by atoms with Crippen molar-refractivity contribution in [2.24, 2.45) is 23.7 Å². The van der Waals surface area contributed by atoms with Gasteiger partial charge in [0.05, 0.1) is 18.2 Å². The molecule has 5 atom stereocenters. The highest BCUT2D eigenvalue weighted by molar-refractivity contribution is 7.99. The summed E-state index contributed by atoms with van der Waals surface area (Å²) in [6.45, 7) is 4.55. The van der Waals surface area contributed by atoms with E-state index in [-0.39, 0.29) is 10.7 Å². The van der Waals surface area contributed by atoms with Crippen molar-refractivity contribution in [3.8, 4) is 5.75 Å². The van der Waals surface area contributed by atoms with Gasteiger partial charge in [0.1, 0.15) is 17.4 Å². The number of thioether (sulfide) groups is 1. The van der Waals surface area contributed by atoms with E-state index in [1.165, 1.54) is 44.1 Å². The molecule has 0 amide bonds. The maximum atomic E-state index is 11.2. The Balaban J connectivity index is 0.933. The summed E-state index contributed by atoms with van der Waals surface area (Å²) in [5.74, 6) is 6.90. The van der Waals surface area contributed by atoms with E-state index >= 15 is 0 Å². The highest BCUT2D eigenvalue weighted by atomic mass is 35.5. The van der Waals surface area contributed by atoms with Gasteiger partial charge in [0, 0.05) is 47.5 Å². The minimum atomic E-state index is -0.516. The Morgan fingerprint density at radius 3 is 2.43 bits per heavy atom. The van der Waals surface area contributed by atoms with Gasteiger partial charge in [-0.25, -0.2) is 9.97 Å². The number of anilines is 1. The van der Waals surface area contributed by atoms with Crippen molar-refractivity contribution >= 4 is 40.1 Å². The number of nitrogens with zero attached hydrogens (tertiary/aromatic N) is 3. The van der Waals surface area contributed by atoms with Crippen LogP contribution in [-0.4, -0.2) is 54.1 Å². The standard InChI is InChI=1S/C41H51ClN4O2S/c1-4-48-32-19-15-29(16-20-32)37(47)23-33(49-26-28-11-17-31(42)18-12-28)25-43-24-27-9-13-30(14-10-27)38-35-21-22-41(35,38)40-44-36-8-6-5-7-34(36)39(45-40)46(2)3/h5-8,11-12,15-20,27,30,33,35,37-38,43,47H,4,9-10,13-14,21-26H2,1-3H3. The Morgan fingerprint density at radius 1 is 0.980 bits per heavy atom. The predicted octanol–water partition coefficient (Wildman–Crippen LogP) is 8.85. The van der Waals surface area contributed by atoms with Crippen LogP contribution in [0.5, 0.6) is 5.75 Å². The number of fused-ring (bicyclic) bond motifs is 2. The minimum absolute atomic E-state index is 0.212. The molecular formula is C41H51ClN4O2S. The lowest BCUT2D eigenvalue weighted by Gasteiger charge is -2.31. The third kappa shape index (κ3) is 7.46. The van der Waals surface area contributed by atoms with Crippen LogP contribution in [0.4, 0.5) is 5.82 Å². The summed E-state index contributed by atoms with van der Waals surface area (Å²) in [4.78, 5) is 12.5. The Kier molecular flexibility index (Phi) is 10.7. The molecule has 0 saturated heterocycles.